The van der Waals surface area contributed by atoms with Gasteiger partial charge in [-0.3, -0.25) is 14.7 Å². The monoisotopic (exact) mass is 413 g/mol. The molecule has 5 nitrogen and oxygen atoms in total. The number of carbonyl (C=O) groups is 1. The topological polar surface area (TPSA) is 54.5 Å². The lowest BCUT2D eigenvalue weighted by Crippen LogP contribution is -2.48. The Balaban J connectivity index is 1.39. The van der Waals surface area contributed by atoms with E-state index in [1.807, 2.05) is 24.3 Å². The first-order valence-corrected chi connectivity index (χ1v) is 10.6. The molecular formula is C26H27N3O2. The quantitative estimate of drug-likeness (QED) is 0.600. The summed E-state index contributed by atoms with van der Waals surface area (Å²) in [6.07, 6.45) is 6.67. The van der Waals surface area contributed by atoms with Crippen molar-refractivity contribution < 1.29 is 9.53 Å². The number of nitrogens with zero attached hydrogens (tertiary/aromatic N) is 2. The summed E-state index contributed by atoms with van der Waals surface area (Å²) in [5, 5.41) is 2.96. The molecule has 158 valence electrons. The maximum absolute atomic E-state index is 12.2. The van der Waals surface area contributed by atoms with Crippen molar-refractivity contribution in [1.82, 2.24) is 15.2 Å². The number of rotatable bonds is 7. The molecule has 31 heavy (non-hydrogen) atoms. The molecule has 1 atom stereocenters. The molecule has 1 amide bonds. The zero-order valence-electron chi connectivity index (χ0n) is 17.4. The van der Waals surface area contributed by atoms with Crippen LogP contribution in [-0.2, 0) is 9.53 Å². The minimum Gasteiger partial charge on any atom is -0.374 e. The van der Waals surface area contributed by atoms with Crippen molar-refractivity contribution in [3.63, 3.8) is 0 Å². The largest absolute Gasteiger partial charge is 0.374 e. The lowest BCUT2D eigenvalue weighted by molar-refractivity contribution is -0.117. The Labute approximate surface area is 183 Å². The van der Waals surface area contributed by atoms with Crippen LogP contribution in [0.3, 0.4) is 0 Å². The predicted octanol–water partition coefficient (Wildman–Crippen LogP) is 3.70. The van der Waals surface area contributed by atoms with Crippen molar-refractivity contribution >= 4 is 12.0 Å². The molecule has 0 bridgehead atoms. The molecule has 3 aromatic rings. The molecule has 1 N–H and O–H groups in total. The van der Waals surface area contributed by atoms with E-state index in [-0.39, 0.29) is 18.1 Å². The maximum atomic E-state index is 12.2. The molecule has 2 heterocycles. The Hall–Kier alpha value is -3.28. The second-order valence-electron chi connectivity index (χ2n) is 7.58. The zero-order chi connectivity index (χ0) is 21.3. The molecule has 1 aliphatic rings. The molecule has 1 unspecified atom stereocenters. The number of ether oxygens (including phenoxy) is 1. The van der Waals surface area contributed by atoms with E-state index >= 15 is 0 Å². The van der Waals surface area contributed by atoms with Gasteiger partial charge in [-0.1, -0.05) is 66.7 Å². The third kappa shape index (κ3) is 5.87. The van der Waals surface area contributed by atoms with Crippen molar-refractivity contribution in [3.8, 4) is 0 Å². The summed E-state index contributed by atoms with van der Waals surface area (Å²) in [7, 11) is 0. The Bertz CT molecular complexity index is 938. The molecule has 4 rings (SSSR count). The molecule has 2 aromatic carbocycles. The summed E-state index contributed by atoms with van der Waals surface area (Å²) < 4.78 is 5.95. The van der Waals surface area contributed by atoms with E-state index in [0.717, 1.165) is 18.7 Å². The van der Waals surface area contributed by atoms with Crippen LogP contribution in [0.15, 0.2) is 91.3 Å². The summed E-state index contributed by atoms with van der Waals surface area (Å²) in [5.41, 5.74) is 3.42. The van der Waals surface area contributed by atoms with Crippen molar-refractivity contribution in [3.05, 3.63) is 108 Å². The Morgan fingerprint density at radius 1 is 1.06 bits per heavy atom. The SMILES string of the molecule is O=C(C=Cc1cccnc1)NCC1CN(C(c2ccccc2)c2ccccc2)CCO1. The zero-order valence-corrected chi connectivity index (χ0v) is 17.4. The Morgan fingerprint density at radius 3 is 2.42 bits per heavy atom. The standard InChI is InChI=1S/C26H27N3O2/c30-25(14-13-21-8-7-15-27-18-21)28-19-24-20-29(16-17-31-24)26(22-9-3-1-4-10-22)23-11-5-2-6-12-23/h1-15,18,24,26H,16-17,19-20H2,(H,28,30). The number of nitrogens with one attached hydrogen (secondary N) is 1. The van der Waals surface area contributed by atoms with Gasteiger partial charge in [0.15, 0.2) is 0 Å². The fourth-order valence-corrected chi connectivity index (χ4v) is 3.90. The molecule has 1 aliphatic heterocycles. The third-order valence-electron chi connectivity index (χ3n) is 5.38. The van der Waals surface area contributed by atoms with Crippen LogP contribution in [0.4, 0.5) is 0 Å². The van der Waals surface area contributed by atoms with Crippen molar-refractivity contribution in [1.29, 1.82) is 0 Å². The van der Waals surface area contributed by atoms with Gasteiger partial charge in [-0.15, -0.1) is 0 Å². The average molecular weight is 414 g/mol. The van der Waals surface area contributed by atoms with Gasteiger partial charge in [-0.05, 0) is 28.8 Å². The molecule has 5 heteroatoms. The molecule has 0 radical (unpaired) electrons. The van der Waals surface area contributed by atoms with Crippen LogP contribution in [0.25, 0.3) is 6.08 Å². The lowest BCUT2D eigenvalue weighted by atomic mass is 9.96. The van der Waals surface area contributed by atoms with Crippen molar-refractivity contribution in [2.24, 2.45) is 0 Å². The molecule has 1 aromatic heterocycles. The van der Waals surface area contributed by atoms with Gasteiger partial charge in [-0.25, -0.2) is 0 Å². The highest BCUT2D eigenvalue weighted by molar-refractivity contribution is 5.91. The second-order valence-corrected chi connectivity index (χ2v) is 7.58. The number of pyridine rings is 1. The summed E-state index contributed by atoms with van der Waals surface area (Å²) in [5.74, 6) is -0.132. The average Bonchev–Trinajstić information content (AvgIpc) is 2.84. The summed E-state index contributed by atoms with van der Waals surface area (Å²) in [6.45, 7) is 2.71. The highest BCUT2D eigenvalue weighted by atomic mass is 16.5. The Kier molecular flexibility index (Phi) is 7.21. The van der Waals surface area contributed by atoms with E-state index in [9.17, 15) is 4.79 Å². The van der Waals surface area contributed by atoms with Gasteiger partial charge >= 0.3 is 0 Å². The number of hydrogen-bond acceptors (Lipinski definition) is 4. The van der Waals surface area contributed by atoms with Gasteiger partial charge in [0.2, 0.25) is 5.91 Å². The highest BCUT2D eigenvalue weighted by Crippen LogP contribution is 2.29. The maximum Gasteiger partial charge on any atom is 0.244 e. The fraction of sp³-hybridized carbons (Fsp3) is 0.231. The summed E-state index contributed by atoms with van der Waals surface area (Å²) in [6, 6.07) is 25.0. The van der Waals surface area contributed by atoms with Crippen LogP contribution in [0.5, 0.6) is 0 Å². The first kappa shape index (κ1) is 21.0. The van der Waals surface area contributed by atoms with E-state index in [4.69, 9.17) is 4.74 Å². The smallest absolute Gasteiger partial charge is 0.244 e. The summed E-state index contributed by atoms with van der Waals surface area (Å²) in [4.78, 5) is 18.7. The minimum absolute atomic E-state index is 0.0561. The minimum atomic E-state index is -0.132. The van der Waals surface area contributed by atoms with Crippen LogP contribution in [0.2, 0.25) is 0 Å². The fourth-order valence-electron chi connectivity index (χ4n) is 3.90. The van der Waals surface area contributed by atoms with E-state index in [2.05, 4.69) is 63.7 Å². The van der Waals surface area contributed by atoms with E-state index < -0.39 is 0 Å². The van der Waals surface area contributed by atoms with Gasteiger partial charge in [-0.2, -0.15) is 0 Å². The number of amides is 1. The third-order valence-corrected chi connectivity index (χ3v) is 5.38. The van der Waals surface area contributed by atoms with Crippen molar-refractivity contribution in [2.75, 3.05) is 26.2 Å². The van der Waals surface area contributed by atoms with Gasteiger partial charge < -0.3 is 10.1 Å². The summed E-state index contributed by atoms with van der Waals surface area (Å²) >= 11 is 0. The van der Waals surface area contributed by atoms with Crippen LogP contribution in [-0.4, -0.2) is 48.1 Å². The van der Waals surface area contributed by atoms with Gasteiger partial charge in [0, 0.05) is 38.1 Å². The van der Waals surface area contributed by atoms with E-state index in [0.29, 0.717) is 13.2 Å². The van der Waals surface area contributed by atoms with E-state index in [1.165, 1.54) is 17.2 Å². The molecular weight excluding hydrogens is 386 g/mol. The first-order chi connectivity index (χ1) is 15.3. The molecule has 0 spiro atoms. The van der Waals surface area contributed by atoms with Crippen LogP contribution in [0.1, 0.15) is 22.7 Å². The van der Waals surface area contributed by atoms with Gasteiger partial charge in [0.1, 0.15) is 0 Å². The van der Waals surface area contributed by atoms with Gasteiger partial charge in [0.25, 0.3) is 0 Å². The lowest BCUT2D eigenvalue weighted by Gasteiger charge is -2.39. The molecule has 0 saturated carbocycles. The highest BCUT2D eigenvalue weighted by Gasteiger charge is 2.28. The van der Waals surface area contributed by atoms with Crippen LogP contribution < -0.4 is 5.32 Å². The Morgan fingerprint density at radius 2 is 1.77 bits per heavy atom. The van der Waals surface area contributed by atoms with Crippen molar-refractivity contribution in [2.45, 2.75) is 12.1 Å². The van der Waals surface area contributed by atoms with Crippen LogP contribution >= 0.6 is 0 Å². The predicted molar refractivity (Wildman–Crippen MR) is 122 cm³/mol. The number of morpholine rings is 1. The van der Waals surface area contributed by atoms with E-state index in [1.54, 1.807) is 18.5 Å². The normalized spacial score (nSPS) is 17.1. The molecule has 1 saturated heterocycles. The second kappa shape index (κ2) is 10.7. The molecule has 1 fully saturated rings. The number of benzene rings is 2. The number of hydrogen-bond donors (Lipinski definition) is 1. The number of aromatic nitrogens is 1. The van der Waals surface area contributed by atoms with Crippen LogP contribution in [0, 0.1) is 0 Å². The van der Waals surface area contributed by atoms with Gasteiger partial charge in [0.05, 0.1) is 18.8 Å². The molecule has 0 aliphatic carbocycles. The first-order valence-electron chi connectivity index (χ1n) is 10.6. The number of carbonyl (C=O) groups excluding carboxylic acids is 1.